The maximum atomic E-state index is 13.8. The van der Waals surface area contributed by atoms with Gasteiger partial charge in [0.25, 0.3) is 0 Å². The van der Waals surface area contributed by atoms with E-state index in [0.29, 0.717) is 19.3 Å². The molecule has 0 aliphatic heterocycles. The van der Waals surface area contributed by atoms with Gasteiger partial charge < -0.3 is 9.47 Å². The van der Waals surface area contributed by atoms with Gasteiger partial charge in [-0.1, -0.05) is 146 Å². The summed E-state index contributed by atoms with van der Waals surface area (Å²) < 4.78 is 12.2. The highest BCUT2D eigenvalue weighted by Gasteiger charge is 2.22. The monoisotopic (exact) mass is 716 g/mol. The minimum Gasteiger partial charge on any atom is -0.465 e. The number of benzene rings is 9. The lowest BCUT2D eigenvalue weighted by atomic mass is 9.89. The van der Waals surface area contributed by atoms with Crippen molar-refractivity contribution in [2.24, 2.45) is 0 Å². The Kier molecular flexibility index (Phi) is 9.39. The molecule has 0 amide bonds. The quantitative estimate of drug-likeness (QED) is 0.0988. The van der Waals surface area contributed by atoms with Crippen LogP contribution in [-0.4, -0.2) is 24.6 Å². The predicted molar refractivity (Wildman–Crippen MR) is 226 cm³/mol. The van der Waals surface area contributed by atoms with Crippen molar-refractivity contribution >= 4 is 76.6 Å². The van der Waals surface area contributed by atoms with Gasteiger partial charge in [0.15, 0.2) is 0 Å². The van der Waals surface area contributed by atoms with Crippen LogP contribution in [-0.2, 0) is 38.3 Å². The van der Waals surface area contributed by atoms with E-state index in [0.717, 1.165) is 81.3 Å². The van der Waals surface area contributed by atoms with E-state index in [1.165, 1.54) is 0 Å². The molecular weight excluding hydrogens is 677 g/mol. The summed E-state index contributed by atoms with van der Waals surface area (Å²) in [6.07, 6.45) is 1.04. The molecule has 0 aliphatic rings. The second kappa shape index (κ2) is 15.1. The average Bonchev–Trinajstić information content (AvgIpc) is 3.22. The molecule has 4 nitrogen and oxygen atoms in total. The largest absolute Gasteiger partial charge is 0.465 e. The summed E-state index contributed by atoms with van der Waals surface area (Å²) in [5, 5.41) is 13.8. The fourth-order valence-electron chi connectivity index (χ4n) is 8.43. The lowest BCUT2D eigenvalue weighted by molar-refractivity contribution is -0.153. The Bertz CT molecular complexity index is 2610. The number of hydrogen-bond donors (Lipinski definition) is 0. The fourth-order valence-corrected chi connectivity index (χ4v) is 8.43. The Hall–Kier alpha value is -6.52. The Morgan fingerprint density at radius 1 is 0.400 bits per heavy atom. The van der Waals surface area contributed by atoms with Gasteiger partial charge in [-0.2, -0.15) is 0 Å². The van der Waals surface area contributed by atoms with E-state index in [9.17, 15) is 9.59 Å². The molecule has 0 aromatic heterocycles. The van der Waals surface area contributed by atoms with Crippen molar-refractivity contribution in [2.75, 3.05) is 6.61 Å². The first-order valence-electron chi connectivity index (χ1n) is 19.1. The van der Waals surface area contributed by atoms with Crippen LogP contribution in [0.1, 0.15) is 29.5 Å². The van der Waals surface area contributed by atoms with Gasteiger partial charge in [0.2, 0.25) is 0 Å². The molecule has 0 saturated heterocycles. The third kappa shape index (κ3) is 7.00. The normalized spacial score (nSPS) is 11.7. The van der Waals surface area contributed by atoms with Crippen molar-refractivity contribution in [3.63, 3.8) is 0 Å². The molecule has 4 heteroatoms. The average molecular weight is 717 g/mol. The van der Waals surface area contributed by atoms with Gasteiger partial charge >= 0.3 is 11.9 Å². The summed E-state index contributed by atoms with van der Waals surface area (Å²) in [5.41, 5.74) is 3.46. The van der Waals surface area contributed by atoms with Crippen molar-refractivity contribution in [3.05, 3.63) is 180 Å². The van der Waals surface area contributed by atoms with Crippen LogP contribution in [0.15, 0.2) is 164 Å². The van der Waals surface area contributed by atoms with E-state index in [4.69, 9.17) is 9.47 Å². The first-order valence-corrected chi connectivity index (χ1v) is 19.1. The van der Waals surface area contributed by atoms with Crippen LogP contribution in [0.2, 0.25) is 0 Å². The number of esters is 2. The van der Waals surface area contributed by atoms with Gasteiger partial charge in [-0.25, -0.2) is 0 Å². The Morgan fingerprint density at radius 3 is 1.07 bits per heavy atom. The zero-order valence-corrected chi connectivity index (χ0v) is 30.5. The molecule has 0 aliphatic carbocycles. The molecule has 0 N–H and O–H groups in total. The van der Waals surface area contributed by atoms with Crippen molar-refractivity contribution in [2.45, 2.75) is 38.2 Å². The van der Waals surface area contributed by atoms with Crippen LogP contribution in [0.3, 0.4) is 0 Å². The topological polar surface area (TPSA) is 52.6 Å². The molecule has 0 fully saturated rings. The Labute approximate surface area is 319 Å². The van der Waals surface area contributed by atoms with E-state index in [1.54, 1.807) is 0 Å². The lowest BCUT2D eigenvalue weighted by Crippen LogP contribution is -2.24. The minimum atomic E-state index is -0.480. The number of rotatable bonds is 11. The maximum absolute atomic E-state index is 13.8. The third-order valence-electron chi connectivity index (χ3n) is 11.0. The van der Waals surface area contributed by atoms with Crippen LogP contribution in [0.25, 0.3) is 64.6 Å². The molecule has 9 aromatic rings. The van der Waals surface area contributed by atoms with E-state index in [2.05, 4.69) is 140 Å². The summed E-state index contributed by atoms with van der Waals surface area (Å²) in [4.78, 5) is 26.8. The standard InChI is InChI=1S/C51H40O4/c52-50(54-28-27-47-41-19-7-1-13-34(41)29-35-14-2-8-20-42(35)47)25-26-51(53)55-40(32-48-43-21-9-3-15-36(43)30-37-16-4-10-22-44(37)48)33-49-45-23-11-5-17-38(45)31-39-18-6-12-24-46(39)49/h1-24,29-31,40H,25-28,32-33H2. The maximum Gasteiger partial charge on any atom is 0.306 e. The van der Waals surface area contributed by atoms with Gasteiger partial charge in [-0.15, -0.1) is 0 Å². The van der Waals surface area contributed by atoms with Crippen molar-refractivity contribution in [1.82, 2.24) is 0 Å². The molecule has 0 unspecified atom stereocenters. The number of ether oxygens (including phenoxy) is 2. The van der Waals surface area contributed by atoms with Gasteiger partial charge in [-0.05, 0) is 99.5 Å². The molecule has 0 spiro atoms. The van der Waals surface area contributed by atoms with Crippen LogP contribution < -0.4 is 0 Å². The zero-order valence-electron chi connectivity index (χ0n) is 30.5. The first-order chi connectivity index (χ1) is 27.1. The van der Waals surface area contributed by atoms with Gasteiger partial charge in [0.1, 0.15) is 6.10 Å². The molecule has 0 saturated carbocycles. The Balaban J connectivity index is 0.967. The lowest BCUT2D eigenvalue weighted by Gasteiger charge is -2.22. The molecule has 9 aromatic carbocycles. The summed E-state index contributed by atoms with van der Waals surface area (Å²) in [5.74, 6) is -0.811. The van der Waals surface area contributed by atoms with Crippen LogP contribution in [0, 0.1) is 0 Å². The molecule has 0 heterocycles. The number of carbonyl (C=O) groups excluding carboxylic acids is 2. The molecule has 0 bridgehead atoms. The van der Waals surface area contributed by atoms with Crippen LogP contribution in [0.4, 0.5) is 0 Å². The summed E-state index contributed by atoms with van der Waals surface area (Å²) in [6, 6.07) is 56.9. The SMILES string of the molecule is O=C(CCC(=O)OC(Cc1c2ccccc2cc2ccccc12)Cc1c2ccccc2cc2ccccc12)OCCc1c2ccccc2cc2ccccc12. The molecular formula is C51H40O4. The molecule has 0 radical (unpaired) electrons. The zero-order chi connectivity index (χ0) is 37.1. The number of carbonyl (C=O) groups is 2. The second-order valence-electron chi connectivity index (χ2n) is 14.4. The van der Waals surface area contributed by atoms with Crippen molar-refractivity contribution < 1.29 is 19.1 Å². The molecule has 268 valence electrons. The fraction of sp³-hybridized carbons (Fsp3) is 0.137. The summed E-state index contributed by atoms with van der Waals surface area (Å²) in [7, 11) is 0. The van der Waals surface area contributed by atoms with Gasteiger partial charge in [0.05, 0.1) is 19.4 Å². The third-order valence-corrected chi connectivity index (χ3v) is 11.0. The van der Waals surface area contributed by atoms with E-state index >= 15 is 0 Å². The molecule has 55 heavy (non-hydrogen) atoms. The highest BCUT2D eigenvalue weighted by Crippen LogP contribution is 2.34. The first kappa shape index (κ1) is 34.3. The Morgan fingerprint density at radius 2 is 0.709 bits per heavy atom. The predicted octanol–water partition coefficient (Wildman–Crippen LogP) is 11.9. The van der Waals surface area contributed by atoms with Gasteiger partial charge in [-0.3, -0.25) is 9.59 Å². The van der Waals surface area contributed by atoms with Crippen LogP contribution >= 0.6 is 0 Å². The van der Waals surface area contributed by atoms with Crippen molar-refractivity contribution in [3.8, 4) is 0 Å². The molecule has 9 rings (SSSR count). The van der Waals surface area contributed by atoms with E-state index in [-0.39, 0.29) is 19.4 Å². The van der Waals surface area contributed by atoms with E-state index in [1.807, 2.05) is 24.3 Å². The van der Waals surface area contributed by atoms with Crippen molar-refractivity contribution in [1.29, 1.82) is 0 Å². The highest BCUT2D eigenvalue weighted by atomic mass is 16.5. The number of fused-ring (bicyclic) bond motifs is 6. The van der Waals surface area contributed by atoms with Crippen LogP contribution in [0.5, 0.6) is 0 Å². The minimum absolute atomic E-state index is 0.0454. The smallest absolute Gasteiger partial charge is 0.306 e. The molecule has 0 atom stereocenters. The highest BCUT2D eigenvalue weighted by molar-refractivity contribution is 6.04. The second-order valence-corrected chi connectivity index (χ2v) is 14.4. The van der Waals surface area contributed by atoms with E-state index < -0.39 is 18.0 Å². The van der Waals surface area contributed by atoms with Gasteiger partial charge in [0, 0.05) is 19.3 Å². The number of hydrogen-bond acceptors (Lipinski definition) is 4. The summed E-state index contributed by atoms with van der Waals surface area (Å²) in [6.45, 7) is 0.233. The summed E-state index contributed by atoms with van der Waals surface area (Å²) >= 11 is 0.